The third-order valence-electron chi connectivity index (χ3n) is 3.79. The molecule has 0 heterocycles. The highest BCUT2D eigenvalue weighted by Gasteiger charge is 2.34. The van der Waals surface area contributed by atoms with Gasteiger partial charge >= 0.3 is 0 Å². The Bertz CT molecular complexity index is 373. The normalized spacial score (nSPS) is 13.9. The molecule has 1 aromatic carbocycles. The molecule has 1 N–H and O–H groups in total. The summed E-state index contributed by atoms with van der Waals surface area (Å²) in [5, 5.41) is 4.25. The molecule has 1 atom stereocenters. The molecule has 0 aromatic heterocycles. The Morgan fingerprint density at radius 1 is 1.22 bits per heavy atom. The van der Waals surface area contributed by atoms with Gasteiger partial charge in [-0.3, -0.25) is 4.90 Å². The molecule has 1 rings (SSSR count). The first kappa shape index (κ1) is 15.5. The van der Waals surface area contributed by atoms with E-state index in [9.17, 15) is 0 Å². The van der Waals surface area contributed by atoms with E-state index in [0.717, 1.165) is 18.1 Å². The van der Waals surface area contributed by atoms with Crippen LogP contribution in [0.15, 0.2) is 24.3 Å². The predicted molar refractivity (Wildman–Crippen MR) is 80.3 cm³/mol. The van der Waals surface area contributed by atoms with Crippen LogP contribution >= 0.6 is 11.6 Å². The van der Waals surface area contributed by atoms with Crippen molar-refractivity contribution < 1.29 is 0 Å². The fourth-order valence-corrected chi connectivity index (χ4v) is 3.06. The second-order valence-electron chi connectivity index (χ2n) is 5.07. The van der Waals surface area contributed by atoms with Crippen molar-refractivity contribution in [2.45, 2.75) is 39.3 Å². The summed E-state index contributed by atoms with van der Waals surface area (Å²) < 4.78 is 0. The SMILES string of the molecule is CCN(CC)C(C)(C)C(NC)c1ccccc1Cl. The minimum Gasteiger partial charge on any atom is -0.311 e. The molecule has 0 spiro atoms. The van der Waals surface area contributed by atoms with Crippen molar-refractivity contribution in [2.24, 2.45) is 0 Å². The molecule has 0 bridgehead atoms. The molecule has 0 fully saturated rings. The van der Waals surface area contributed by atoms with E-state index in [-0.39, 0.29) is 11.6 Å². The maximum absolute atomic E-state index is 6.34. The summed E-state index contributed by atoms with van der Waals surface area (Å²) in [5.74, 6) is 0. The number of halogens is 1. The minimum absolute atomic E-state index is 0.0171. The highest BCUT2D eigenvalue weighted by molar-refractivity contribution is 6.31. The lowest BCUT2D eigenvalue weighted by molar-refractivity contribution is 0.0945. The molecular weight excluding hydrogens is 244 g/mol. The number of hydrogen-bond acceptors (Lipinski definition) is 2. The van der Waals surface area contributed by atoms with E-state index in [1.807, 2.05) is 25.2 Å². The van der Waals surface area contributed by atoms with Gasteiger partial charge in [-0.25, -0.2) is 0 Å². The van der Waals surface area contributed by atoms with Crippen LogP contribution in [-0.4, -0.2) is 30.6 Å². The first-order valence-electron chi connectivity index (χ1n) is 6.65. The van der Waals surface area contributed by atoms with Gasteiger partial charge in [0.1, 0.15) is 0 Å². The Labute approximate surface area is 116 Å². The van der Waals surface area contributed by atoms with E-state index < -0.39 is 0 Å². The summed E-state index contributed by atoms with van der Waals surface area (Å²) in [6.45, 7) is 11.0. The molecule has 102 valence electrons. The third kappa shape index (κ3) is 3.05. The molecule has 3 heteroatoms. The second kappa shape index (κ2) is 6.55. The van der Waals surface area contributed by atoms with Crippen molar-refractivity contribution in [3.05, 3.63) is 34.9 Å². The molecule has 0 saturated carbocycles. The maximum Gasteiger partial charge on any atom is 0.0514 e. The molecule has 1 aromatic rings. The smallest absolute Gasteiger partial charge is 0.0514 e. The lowest BCUT2D eigenvalue weighted by atomic mass is 9.87. The largest absolute Gasteiger partial charge is 0.311 e. The van der Waals surface area contributed by atoms with Crippen molar-refractivity contribution in [1.82, 2.24) is 10.2 Å². The number of likely N-dealkylation sites (N-methyl/N-ethyl adjacent to an activating group) is 2. The third-order valence-corrected chi connectivity index (χ3v) is 4.13. The van der Waals surface area contributed by atoms with Crippen molar-refractivity contribution in [3.8, 4) is 0 Å². The Morgan fingerprint density at radius 2 is 1.78 bits per heavy atom. The lowest BCUT2D eigenvalue weighted by Crippen LogP contribution is -2.52. The summed E-state index contributed by atoms with van der Waals surface area (Å²) in [7, 11) is 2.00. The van der Waals surface area contributed by atoms with Gasteiger partial charge in [-0.15, -0.1) is 0 Å². The van der Waals surface area contributed by atoms with Crippen LogP contribution in [0.25, 0.3) is 0 Å². The number of rotatable bonds is 6. The summed E-state index contributed by atoms with van der Waals surface area (Å²) in [6.07, 6.45) is 0. The van der Waals surface area contributed by atoms with Crippen molar-refractivity contribution in [1.29, 1.82) is 0 Å². The van der Waals surface area contributed by atoms with Crippen LogP contribution in [0, 0.1) is 0 Å². The van der Waals surface area contributed by atoms with E-state index >= 15 is 0 Å². The molecule has 0 radical (unpaired) electrons. The molecular formula is C15H25ClN2. The average molecular weight is 269 g/mol. The van der Waals surface area contributed by atoms with Crippen LogP contribution in [0.5, 0.6) is 0 Å². The van der Waals surface area contributed by atoms with Gasteiger partial charge in [0, 0.05) is 10.6 Å². The summed E-state index contributed by atoms with van der Waals surface area (Å²) in [5.41, 5.74) is 1.18. The zero-order chi connectivity index (χ0) is 13.8. The van der Waals surface area contributed by atoms with E-state index in [1.54, 1.807) is 0 Å². The average Bonchev–Trinajstić information content (AvgIpc) is 2.33. The Morgan fingerprint density at radius 3 is 2.22 bits per heavy atom. The molecule has 0 amide bonds. The van der Waals surface area contributed by atoms with Gasteiger partial charge in [0.25, 0.3) is 0 Å². The van der Waals surface area contributed by atoms with E-state index in [1.165, 1.54) is 5.56 Å². The maximum atomic E-state index is 6.34. The molecule has 0 aliphatic carbocycles. The van der Waals surface area contributed by atoms with E-state index in [2.05, 4.69) is 44.0 Å². The monoisotopic (exact) mass is 268 g/mol. The highest BCUT2D eigenvalue weighted by atomic mass is 35.5. The zero-order valence-electron chi connectivity index (χ0n) is 12.1. The van der Waals surface area contributed by atoms with Crippen molar-refractivity contribution in [3.63, 3.8) is 0 Å². The van der Waals surface area contributed by atoms with Crippen LogP contribution in [0.4, 0.5) is 0 Å². The zero-order valence-corrected chi connectivity index (χ0v) is 12.9. The van der Waals surface area contributed by atoms with Crippen LogP contribution in [0.1, 0.15) is 39.3 Å². The molecule has 1 unspecified atom stereocenters. The number of nitrogens with zero attached hydrogens (tertiary/aromatic N) is 1. The summed E-state index contributed by atoms with van der Waals surface area (Å²) in [6, 6.07) is 8.30. The van der Waals surface area contributed by atoms with Crippen molar-refractivity contribution in [2.75, 3.05) is 20.1 Å². The fourth-order valence-electron chi connectivity index (χ4n) is 2.82. The van der Waals surface area contributed by atoms with Gasteiger partial charge in [0.2, 0.25) is 0 Å². The van der Waals surface area contributed by atoms with Crippen LogP contribution in [-0.2, 0) is 0 Å². The van der Waals surface area contributed by atoms with E-state index in [4.69, 9.17) is 11.6 Å². The quantitative estimate of drug-likeness (QED) is 0.846. The standard InChI is InChI=1S/C15H25ClN2/c1-6-18(7-2)15(3,4)14(17-5)12-10-8-9-11-13(12)16/h8-11,14,17H,6-7H2,1-5H3. The topological polar surface area (TPSA) is 15.3 Å². The Hall–Kier alpha value is -0.570. The van der Waals surface area contributed by atoms with Gasteiger partial charge < -0.3 is 5.32 Å². The number of benzene rings is 1. The van der Waals surface area contributed by atoms with Crippen LogP contribution in [0.3, 0.4) is 0 Å². The second-order valence-corrected chi connectivity index (χ2v) is 5.48. The van der Waals surface area contributed by atoms with Gasteiger partial charge in [-0.2, -0.15) is 0 Å². The van der Waals surface area contributed by atoms with Gasteiger partial charge in [0.05, 0.1) is 6.04 Å². The molecule has 0 aliphatic heterocycles. The first-order valence-corrected chi connectivity index (χ1v) is 7.03. The predicted octanol–water partition coefficient (Wildman–Crippen LogP) is 3.72. The highest BCUT2D eigenvalue weighted by Crippen LogP contribution is 2.34. The van der Waals surface area contributed by atoms with Gasteiger partial charge in [-0.1, -0.05) is 43.6 Å². The molecule has 0 aliphatic rings. The van der Waals surface area contributed by atoms with Crippen molar-refractivity contribution >= 4 is 11.6 Å². The molecule has 0 saturated heterocycles. The fraction of sp³-hybridized carbons (Fsp3) is 0.600. The number of nitrogens with one attached hydrogen (secondary N) is 1. The van der Waals surface area contributed by atoms with Gasteiger partial charge in [0.15, 0.2) is 0 Å². The van der Waals surface area contributed by atoms with Crippen LogP contribution in [0.2, 0.25) is 5.02 Å². The number of hydrogen-bond donors (Lipinski definition) is 1. The Balaban J connectivity index is 3.13. The molecule has 18 heavy (non-hydrogen) atoms. The summed E-state index contributed by atoms with van der Waals surface area (Å²) >= 11 is 6.34. The van der Waals surface area contributed by atoms with E-state index in [0.29, 0.717) is 0 Å². The minimum atomic E-state index is 0.0171. The van der Waals surface area contributed by atoms with Crippen LogP contribution < -0.4 is 5.32 Å². The first-order chi connectivity index (χ1) is 8.48. The summed E-state index contributed by atoms with van der Waals surface area (Å²) in [4.78, 5) is 2.46. The Kier molecular flexibility index (Phi) is 5.64. The van der Waals surface area contributed by atoms with Gasteiger partial charge in [-0.05, 0) is 45.6 Å². The molecule has 2 nitrogen and oxygen atoms in total. The lowest BCUT2D eigenvalue weighted by Gasteiger charge is -2.43.